The van der Waals surface area contributed by atoms with Crippen LogP contribution >= 0.6 is 0 Å². The molecule has 7 rings (SSSR count). The molecular formula is C33H24FN2O+. The van der Waals surface area contributed by atoms with Crippen LogP contribution in [0.4, 0.5) is 4.39 Å². The van der Waals surface area contributed by atoms with Crippen molar-refractivity contribution in [1.82, 2.24) is 4.57 Å². The summed E-state index contributed by atoms with van der Waals surface area (Å²) in [7, 11) is 2.09. The van der Waals surface area contributed by atoms with Crippen LogP contribution < -0.4 is 4.57 Å². The Morgan fingerprint density at radius 2 is 1.30 bits per heavy atom. The molecular weight excluding hydrogens is 459 g/mol. The number of para-hydroxylation sites is 3. The zero-order chi connectivity index (χ0) is 25.1. The minimum atomic E-state index is -0.292. The minimum Gasteiger partial charge on any atom is -0.454 e. The number of fused-ring (bicyclic) bond motifs is 4. The number of rotatable bonds is 3. The lowest BCUT2D eigenvalue weighted by molar-refractivity contribution is -0.633. The summed E-state index contributed by atoms with van der Waals surface area (Å²) >= 11 is 0. The fraction of sp³-hybridized carbons (Fsp3) is 0.0606. The zero-order valence-electron chi connectivity index (χ0n) is 20.6. The van der Waals surface area contributed by atoms with E-state index in [1.807, 2.05) is 42.5 Å². The second-order valence-electron chi connectivity index (χ2n) is 9.44. The molecule has 0 aliphatic rings. The largest absolute Gasteiger partial charge is 0.454 e. The van der Waals surface area contributed by atoms with E-state index in [0.29, 0.717) is 11.1 Å². The predicted octanol–water partition coefficient (Wildman–Crippen LogP) is 8.14. The topological polar surface area (TPSA) is 21.9 Å². The number of aromatic nitrogens is 2. The third kappa shape index (κ3) is 3.15. The number of aryl methyl sites for hydroxylation is 2. The molecule has 4 heteroatoms. The van der Waals surface area contributed by atoms with Gasteiger partial charge >= 0.3 is 0 Å². The summed E-state index contributed by atoms with van der Waals surface area (Å²) in [5.41, 5.74) is 7.99. The fourth-order valence-corrected chi connectivity index (χ4v) is 5.56. The Labute approximate surface area is 213 Å². The first kappa shape index (κ1) is 21.6. The predicted molar refractivity (Wildman–Crippen MR) is 147 cm³/mol. The normalized spacial score (nSPS) is 11.6. The number of benzene rings is 5. The van der Waals surface area contributed by atoms with Gasteiger partial charge in [-0.2, -0.15) is 4.57 Å². The maximum Gasteiger partial charge on any atom is 0.298 e. The molecule has 5 aromatic carbocycles. The van der Waals surface area contributed by atoms with E-state index >= 15 is 4.39 Å². The Morgan fingerprint density at radius 3 is 2.05 bits per heavy atom. The Hall–Kier alpha value is -4.70. The average Bonchev–Trinajstić information content (AvgIpc) is 3.45. The Bertz CT molecular complexity index is 1950. The molecule has 0 spiro atoms. The van der Waals surface area contributed by atoms with Crippen molar-refractivity contribution in [2.75, 3.05) is 0 Å². The van der Waals surface area contributed by atoms with Crippen molar-refractivity contribution >= 4 is 33.0 Å². The summed E-state index contributed by atoms with van der Waals surface area (Å²) in [5, 5.41) is 1.87. The number of furan rings is 1. The fourth-order valence-electron chi connectivity index (χ4n) is 5.56. The lowest BCUT2D eigenvalue weighted by atomic mass is 10.00. The monoisotopic (exact) mass is 483 g/mol. The number of hydrogen-bond acceptors (Lipinski definition) is 1. The highest BCUT2D eigenvalue weighted by molar-refractivity contribution is 6.13. The van der Waals surface area contributed by atoms with E-state index in [-0.39, 0.29) is 5.82 Å². The van der Waals surface area contributed by atoms with Crippen LogP contribution in [0.25, 0.3) is 61.2 Å². The van der Waals surface area contributed by atoms with Gasteiger partial charge in [-0.25, -0.2) is 8.96 Å². The standard InChI is InChI=1S/C33H24FN2O/c1-21-17-18-24-25-19-20-26(34)30(22-11-5-3-6-12-22)32(25)37-31(24)29(21)33-35(2)27-15-9-10-16-28(27)36(33)23-13-7-4-8-14-23/h3-20H,1-2H3/q+1. The molecule has 7 aromatic rings. The molecule has 0 fully saturated rings. The van der Waals surface area contributed by atoms with Crippen molar-refractivity contribution in [3.63, 3.8) is 0 Å². The molecule has 0 aliphatic heterocycles. The van der Waals surface area contributed by atoms with Crippen LogP contribution in [0.15, 0.2) is 114 Å². The lowest BCUT2D eigenvalue weighted by Crippen LogP contribution is -2.30. The van der Waals surface area contributed by atoms with Crippen molar-refractivity contribution in [2.24, 2.45) is 7.05 Å². The van der Waals surface area contributed by atoms with Crippen molar-refractivity contribution in [1.29, 1.82) is 0 Å². The quantitative estimate of drug-likeness (QED) is 0.233. The van der Waals surface area contributed by atoms with E-state index in [9.17, 15) is 0 Å². The van der Waals surface area contributed by atoms with Crippen LogP contribution in [-0.2, 0) is 7.05 Å². The summed E-state index contributed by atoms with van der Waals surface area (Å²) in [6.45, 7) is 2.10. The SMILES string of the molecule is Cc1ccc2c(oc3c(-c4ccccc4)c(F)ccc32)c1-c1n(-c2ccccc2)c2ccccc2[n+]1C. The molecule has 0 bridgehead atoms. The van der Waals surface area contributed by atoms with Gasteiger partial charge in [0.15, 0.2) is 16.6 Å². The van der Waals surface area contributed by atoms with Gasteiger partial charge in [0.1, 0.15) is 22.7 Å². The smallest absolute Gasteiger partial charge is 0.298 e. The van der Waals surface area contributed by atoms with Gasteiger partial charge < -0.3 is 4.42 Å². The van der Waals surface area contributed by atoms with Crippen LogP contribution in [0.3, 0.4) is 0 Å². The summed E-state index contributed by atoms with van der Waals surface area (Å²) in [5.74, 6) is 0.719. The molecule has 178 valence electrons. The molecule has 0 radical (unpaired) electrons. The molecule has 0 amide bonds. The van der Waals surface area contributed by atoms with Crippen LogP contribution in [-0.4, -0.2) is 4.57 Å². The van der Waals surface area contributed by atoms with Crippen molar-refractivity contribution in [2.45, 2.75) is 6.92 Å². The molecule has 0 aliphatic carbocycles. The van der Waals surface area contributed by atoms with Crippen molar-refractivity contribution < 1.29 is 13.4 Å². The summed E-state index contributed by atoms with van der Waals surface area (Å²) in [6.07, 6.45) is 0. The van der Waals surface area contributed by atoms with Crippen LogP contribution in [0.5, 0.6) is 0 Å². The third-order valence-electron chi connectivity index (χ3n) is 7.28. The second-order valence-corrected chi connectivity index (χ2v) is 9.44. The van der Waals surface area contributed by atoms with Gasteiger partial charge in [0.05, 0.1) is 12.6 Å². The first-order chi connectivity index (χ1) is 18.1. The Kier molecular flexibility index (Phi) is 4.76. The third-order valence-corrected chi connectivity index (χ3v) is 7.28. The number of hydrogen-bond donors (Lipinski definition) is 0. The Balaban J connectivity index is 1.63. The number of nitrogens with zero attached hydrogens (tertiary/aromatic N) is 2. The van der Waals surface area contributed by atoms with Crippen LogP contribution in [0.1, 0.15) is 5.56 Å². The summed E-state index contributed by atoms with van der Waals surface area (Å²) < 4.78 is 26.4. The molecule has 0 saturated carbocycles. The molecule has 0 atom stereocenters. The average molecular weight is 484 g/mol. The van der Waals surface area contributed by atoms with Gasteiger partial charge in [-0.1, -0.05) is 72.8 Å². The first-order valence-electron chi connectivity index (χ1n) is 12.4. The highest BCUT2D eigenvalue weighted by atomic mass is 19.1. The van der Waals surface area contributed by atoms with E-state index < -0.39 is 0 Å². The molecule has 3 nitrogen and oxygen atoms in total. The van der Waals surface area contributed by atoms with Crippen molar-refractivity contribution in [3.8, 4) is 28.2 Å². The molecule has 0 unspecified atom stereocenters. The Morgan fingerprint density at radius 1 is 0.676 bits per heavy atom. The lowest BCUT2D eigenvalue weighted by Gasteiger charge is -2.07. The molecule has 2 aromatic heterocycles. The summed E-state index contributed by atoms with van der Waals surface area (Å²) in [6, 6.07) is 36.0. The van der Waals surface area contributed by atoms with E-state index in [1.54, 1.807) is 6.07 Å². The number of halogens is 1. The van der Waals surface area contributed by atoms with Gasteiger partial charge in [0.25, 0.3) is 5.82 Å². The highest BCUT2D eigenvalue weighted by Crippen LogP contribution is 2.42. The maximum absolute atomic E-state index is 15.3. The van der Waals surface area contributed by atoms with E-state index in [4.69, 9.17) is 4.42 Å². The van der Waals surface area contributed by atoms with Gasteiger partial charge in [-0.3, -0.25) is 0 Å². The molecule has 2 heterocycles. The van der Waals surface area contributed by atoms with E-state index in [1.165, 1.54) is 0 Å². The zero-order valence-corrected chi connectivity index (χ0v) is 20.6. The molecule has 0 saturated heterocycles. The summed E-state index contributed by atoms with van der Waals surface area (Å²) in [4.78, 5) is 0. The van der Waals surface area contributed by atoms with Crippen molar-refractivity contribution in [3.05, 3.63) is 121 Å². The highest BCUT2D eigenvalue weighted by Gasteiger charge is 2.30. The number of imidazole rings is 1. The molecule has 37 heavy (non-hydrogen) atoms. The maximum atomic E-state index is 15.3. The minimum absolute atomic E-state index is 0.292. The van der Waals surface area contributed by atoms with Gasteiger partial charge in [0.2, 0.25) is 0 Å². The van der Waals surface area contributed by atoms with E-state index in [2.05, 4.69) is 83.8 Å². The van der Waals surface area contributed by atoms with Gasteiger partial charge in [-0.05, 0) is 54.4 Å². The first-order valence-corrected chi connectivity index (χ1v) is 12.4. The van der Waals surface area contributed by atoms with Gasteiger partial charge in [0, 0.05) is 10.8 Å². The van der Waals surface area contributed by atoms with Crippen LogP contribution in [0, 0.1) is 12.7 Å². The molecule has 0 N–H and O–H groups in total. The van der Waals surface area contributed by atoms with E-state index in [0.717, 1.165) is 55.6 Å². The van der Waals surface area contributed by atoms with Gasteiger partial charge in [-0.15, -0.1) is 0 Å². The second kappa shape index (κ2) is 8.17. The van der Waals surface area contributed by atoms with Crippen LogP contribution in [0.2, 0.25) is 0 Å².